The second kappa shape index (κ2) is 8.97. The third-order valence-electron chi connectivity index (χ3n) is 3.69. The minimum atomic E-state index is 0.0544. The van der Waals surface area contributed by atoms with Crippen LogP contribution in [-0.2, 0) is 22.6 Å². The van der Waals surface area contributed by atoms with Gasteiger partial charge in [0.2, 0.25) is 5.82 Å². The summed E-state index contributed by atoms with van der Waals surface area (Å²) < 4.78 is 12.0. The van der Waals surface area contributed by atoms with Crippen LogP contribution >= 0.6 is 23.2 Å². The number of ether oxygens (including phenoxy) is 2. The molecule has 3 rings (SSSR count). The van der Waals surface area contributed by atoms with Gasteiger partial charge < -0.3 is 19.4 Å². The molecule has 0 unspecified atom stereocenters. The van der Waals surface area contributed by atoms with Crippen LogP contribution < -0.4 is 5.32 Å². The number of hydrogen-bond donors (Lipinski definition) is 1. The molecule has 3 aromatic rings. The van der Waals surface area contributed by atoms with Crippen LogP contribution in [0.2, 0.25) is 10.0 Å². The van der Waals surface area contributed by atoms with Crippen molar-refractivity contribution in [3.05, 3.63) is 46.0 Å². The van der Waals surface area contributed by atoms with E-state index in [2.05, 4.69) is 20.3 Å². The smallest absolute Gasteiger partial charge is 0.236 e. The number of benzene rings is 1. The van der Waals surface area contributed by atoms with Gasteiger partial charge in [0, 0.05) is 20.2 Å². The van der Waals surface area contributed by atoms with Crippen molar-refractivity contribution in [3.63, 3.8) is 0 Å². The van der Waals surface area contributed by atoms with Gasteiger partial charge in [-0.25, -0.2) is 4.98 Å². The van der Waals surface area contributed by atoms with Crippen LogP contribution in [-0.4, -0.2) is 40.0 Å². The van der Waals surface area contributed by atoms with E-state index < -0.39 is 0 Å². The van der Waals surface area contributed by atoms with Crippen molar-refractivity contribution in [3.8, 4) is 6.07 Å². The van der Waals surface area contributed by atoms with Crippen molar-refractivity contribution < 1.29 is 9.47 Å². The van der Waals surface area contributed by atoms with E-state index in [4.69, 9.17) is 32.7 Å². The summed E-state index contributed by atoms with van der Waals surface area (Å²) >= 11 is 12.0. The summed E-state index contributed by atoms with van der Waals surface area (Å²) in [6, 6.07) is 7.33. The van der Waals surface area contributed by atoms with Crippen molar-refractivity contribution in [1.82, 2.24) is 19.5 Å². The normalized spacial score (nSPS) is 10.9. The van der Waals surface area contributed by atoms with Gasteiger partial charge in [-0.15, -0.1) is 0 Å². The molecule has 0 atom stereocenters. The summed E-state index contributed by atoms with van der Waals surface area (Å²) in [5.41, 5.74) is 2.04. The third kappa shape index (κ3) is 4.64. The molecule has 2 aromatic heterocycles. The fraction of sp³-hybridized carbons (Fsp3) is 0.294. The maximum absolute atomic E-state index is 9.24. The highest BCUT2D eigenvalue weighted by Crippen LogP contribution is 2.24. The zero-order valence-corrected chi connectivity index (χ0v) is 16.0. The number of halogens is 2. The molecule has 10 heteroatoms. The summed E-state index contributed by atoms with van der Waals surface area (Å²) in [4.78, 5) is 12.9. The zero-order chi connectivity index (χ0) is 19.2. The molecule has 1 aromatic carbocycles. The van der Waals surface area contributed by atoms with E-state index in [-0.39, 0.29) is 12.6 Å². The monoisotopic (exact) mass is 406 g/mol. The van der Waals surface area contributed by atoms with Gasteiger partial charge in [-0.1, -0.05) is 29.3 Å². The van der Waals surface area contributed by atoms with Crippen molar-refractivity contribution in [2.75, 3.05) is 25.8 Å². The number of aromatic nitrogens is 4. The fourth-order valence-electron chi connectivity index (χ4n) is 2.42. The first-order chi connectivity index (χ1) is 13.1. The van der Waals surface area contributed by atoms with E-state index in [1.54, 1.807) is 30.1 Å². The van der Waals surface area contributed by atoms with E-state index >= 15 is 0 Å². The Balaban J connectivity index is 1.82. The van der Waals surface area contributed by atoms with Gasteiger partial charge in [0.25, 0.3) is 0 Å². The number of hydrogen-bond acceptors (Lipinski definition) is 7. The fourth-order valence-corrected chi connectivity index (χ4v) is 2.74. The Labute approximate surface area is 165 Å². The molecule has 0 aliphatic heterocycles. The molecular weight excluding hydrogens is 391 g/mol. The number of imidazole rings is 1. The molecule has 0 aliphatic carbocycles. The molecule has 0 aliphatic rings. The van der Waals surface area contributed by atoms with E-state index in [9.17, 15) is 5.26 Å². The van der Waals surface area contributed by atoms with E-state index in [0.717, 1.165) is 5.56 Å². The Hall–Kier alpha value is -2.44. The molecule has 0 spiro atoms. The van der Waals surface area contributed by atoms with Gasteiger partial charge >= 0.3 is 0 Å². The number of methoxy groups -OCH3 is 1. The number of rotatable bonds is 8. The highest BCUT2D eigenvalue weighted by Gasteiger charge is 2.13. The summed E-state index contributed by atoms with van der Waals surface area (Å²) in [7, 11) is 1.56. The number of fused-ring (bicyclic) bond motifs is 1. The predicted octanol–water partition coefficient (Wildman–Crippen LogP) is 3.24. The first kappa shape index (κ1) is 19.3. The molecule has 0 fully saturated rings. The number of nitriles is 1. The molecule has 0 radical (unpaired) electrons. The lowest BCUT2D eigenvalue weighted by molar-refractivity contribution is -0.0327. The van der Waals surface area contributed by atoms with Gasteiger partial charge in [-0.05, 0) is 17.7 Å². The molecule has 0 saturated carbocycles. The Bertz CT molecular complexity index is 985. The van der Waals surface area contributed by atoms with Gasteiger partial charge in [0.1, 0.15) is 12.9 Å². The molecule has 27 heavy (non-hydrogen) atoms. The Morgan fingerprint density at radius 3 is 2.85 bits per heavy atom. The van der Waals surface area contributed by atoms with E-state index in [1.807, 2.05) is 12.1 Å². The van der Waals surface area contributed by atoms with Crippen LogP contribution in [0, 0.1) is 11.3 Å². The van der Waals surface area contributed by atoms with Gasteiger partial charge in [-0.3, -0.25) is 0 Å². The highest BCUT2D eigenvalue weighted by atomic mass is 35.5. The minimum absolute atomic E-state index is 0.0544. The van der Waals surface area contributed by atoms with Crippen molar-refractivity contribution in [1.29, 1.82) is 5.26 Å². The molecule has 2 heterocycles. The van der Waals surface area contributed by atoms with Crippen LogP contribution in [0.4, 0.5) is 5.82 Å². The molecule has 140 valence electrons. The summed E-state index contributed by atoms with van der Waals surface area (Å²) in [6.45, 7) is 1.60. The van der Waals surface area contributed by atoms with E-state index in [1.165, 1.54) is 0 Å². The van der Waals surface area contributed by atoms with Gasteiger partial charge in [0.15, 0.2) is 17.0 Å². The van der Waals surface area contributed by atoms with Crippen molar-refractivity contribution >= 4 is 40.2 Å². The lowest BCUT2D eigenvalue weighted by atomic mass is 10.2. The number of anilines is 1. The predicted molar refractivity (Wildman–Crippen MR) is 102 cm³/mol. The second-order valence-electron chi connectivity index (χ2n) is 5.53. The number of nitrogens with zero attached hydrogens (tertiary/aromatic N) is 5. The lowest BCUT2D eigenvalue weighted by Gasteiger charge is -2.09. The topological polar surface area (TPSA) is 97.9 Å². The first-order valence-corrected chi connectivity index (χ1v) is 8.75. The van der Waals surface area contributed by atoms with Crippen LogP contribution in [0.3, 0.4) is 0 Å². The van der Waals surface area contributed by atoms with Crippen LogP contribution in [0.1, 0.15) is 11.4 Å². The summed E-state index contributed by atoms with van der Waals surface area (Å²) in [5, 5.41) is 13.4. The van der Waals surface area contributed by atoms with Crippen LogP contribution in [0.25, 0.3) is 11.2 Å². The maximum atomic E-state index is 9.24. The maximum Gasteiger partial charge on any atom is 0.236 e. The Morgan fingerprint density at radius 1 is 1.26 bits per heavy atom. The van der Waals surface area contributed by atoms with Crippen molar-refractivity contribution in [2.24, 2.45) is 0 Å². The van der Waals surface area contributed by atoms with Gasteiger partial charge in [-0.2, -0.15) is 15.2 Å². The molecule has 0 amide bonds. The van der Waals surface area contributed by atoms with Crippen LogP contribution in [0.15, 0.2) is 24.5 Å². The molecular formula is C17H16Cl2N6O2. The highest BCUT2D eigenvalue weighted by molar-refractivity contribution is 6.42. The molecule has 1 N–H and O–H groups in total. The first-order valence-electron chi connectivity index (χ1n) is 8.00. The number of nitrogens with one attached hydrogen (secondary N) is 1. The largest absolute Gasteiger partial charge is 0.364 e. The quantitative estimate of drug-likeness (QED) is 0.452. The summed E-state index contributed by atoms with van der Waals surface area (Å²) in [6.07, 6.45) is 1.64. The average molecular weight is 407 g/mol. The van der Waals surface area contributed by atoms with Gasteiger partial charge in [0.05, 0.1) is 23.0 Å². The standard InChI is InChI=1S/C17H16Cl2N6O2/c1-26-10-27-5-4-25-9-22-15-16(23-14(7-20)24-17(15)25)21-8-11-2-3-12(18)13(19)6-11/h2-3,6,9H,4-5,8,10H2,1H3,(H,21,23,24). The average Bonchev–Trinajstić information content (AvgIpc) is 3.09. The Kier molecular flexibility index (Phi) is 6.42. The molecule has 0 saturated heterocycles. The second-order valence-corrected chi connectivity index (χ2v) is 6.35. The Morgan fingerprint density at radius 2 is 2.11 bits per heavy atom. The zero-order valence-electron chi connectivity index (χ0n) is 14.4. The van der Waals surface area contributed by atoms with Crippen LogP contribution in [0.5, 0.6) is 0 Å². The lowest BCUT2D eigenvalue weighted by Crippen LogP contribution is -2.09. The molecule has 8 nitrogen and oxygen atoms in total. The molecule has 0 bridgehead atoms. The van der Waals surface area contributed by atoms with Crippen molar-refractivity contribution in [2.45, 2.75) is 13.1 Å². The SMILES string of the molecule is COCOCCn1cnc2c(NCc3ccc(Cl)c(Cl)c3)nc(C#N)nc21. The third-order valence-corrected chi connectivity index (χ3v) is 4.42. The summed E-state index contributed by atoms with van der Waals surface area (Å²) in [5.74, 6) is 0.526. The van der Waals surface area contributed by atoms with E-state index in [0.29, 0.717) is 46.7 Å². The minimum Gasteiger partial charge on any atom is -0.364 e.